The predicted octanol–water partition coefficient (Wildman–Crippen LogP) is 2.86. The van der Waals surface area contributed by atoms with Crippen LogP contribution in [0.15, 0.2) is 45.9 Å². The first-order valence-corrected chi connectivity index (χ1v) is 9.81. The van der Waals surface area contributed by atoms with E-state index in [9.17, 15) is 13.2 Å². The van der Waals surface area contributed by atoms with Gasteiger partial charge in [-0.25, -0.2) is 13.1 Å². The molecule has 7 heteroatoms. The lowest BCUT2D eigenvalue weighted by Gasteiger charge is -2.35. The molecule has 134 valence electrons. The lowest BCUT2D eigenvalue weighted by molar-refractivity contribution is 0.0573. The van der Waals surface area contributed by atoms with Crippen LogP contribution in [0, 0.1) is 6.92 Å². The molecule has 0 bridgehead atoms. The highest BCUT2D eigenvalue weighted by atomic mass is 32.2. The number of sulfonamides is 1. The van der Waals surface area contributed by atoms with Crippen molar-refractivity contribution in [1.29, 1.82) is 0 Å². The van der Waals surface area contributed by atoms with Crippen LogP contribution in [0.4, 0.5) is 0 Å². The van der Waals surface area contributed by atoms with Crippen molar-refractivity contribution in [2.24, 2.45) is 0 Å². The lowest BCUT2D eigenvalue weighted by atomic mass is 9.94. The largest absolute Gasteiger partial charge is 0.438 e. The molecule has 0 saturated carbocycles. The zero-order valence-electron chi connectivity index (χ0n) is 14.4. The number of furan rings is 1. The SMILES string of the molecule is CNS(=O)(=O)c1ccc(C(=O)N2CCCC[C@@H]2c2ccc(C)cc2)o1. The molecule has 6 nitrogen and oxygen atoms in total. The first kappa shape index (κ1) is 17.7. The normalized spacial score (nSPS) is 18.3. The zero-order valence-corrected chi connectivity index (χ0v) is 15.2. The molecule has 1 N–H and O–H groups in total. The van der Waals surface area contributed by atoms with Gasteiger partial charge in [0.2, 0.25) is 5.09 Å². The summed E-state index contributed by atoms with van der Waals surface area (Å²) in [6.45, 7) is 2.66. The number of nitrogens with zero attached hydrogens (tertiary/aromatic N) is 1. The Labute approximate surface area is 147 Å². The van der Waals surface area contributed by atoms with Gasteiger partial charge in [-0.15, -0.1) is 0 Å². The van der Waals surface area contributed by atoms with Crippen molar-refractivity contribution in [3.63, 3.8) is 0 Å². The van der Waals surface area contributed by atoms with Crippen LogP contribution >= 0.6 is 0 Å². The molecule has 1 atom stereocenters. The highest BCUT2D eigenvalue weighted by Crippen LogP contribution is 2.32. The fraction of sp³-hybridized carbons (Fsp3) is 0.389. The Hall–Kier alpha value is -2.12. The Morgan fingerprint density at radius 3 is 2.56 bits per heavy atom. The number of piperidine rings is 1. The van der Waals surface area contributed by atoms with Crippen LogP contribution in [0.3, 0.4) is 0 Å². The van der Waals surface area contributed by atoms with E-state index in [1.807, 2.05) is 31.2 Å². The van der Waals surface area contributed by atoms with E-state index < -0.39 is 10.0 Å². The van der Waals surface area contributed by atoms with E-state index in [1.165, 1.54) is 24.7 Å². The maximum atomic E-state index is 12.9. The first-order valence-electron chi connectivity index (χ1n) is 8.33. The van der Waals surface area contributed by atoms with Gasteiger partial charge in [0.15, 0.2) is 5.76 Å². The lowest BCUT2D eigenvalue weighted by Crippen LogP contribution is -2.38. The second kappa shape index (κ2) is 7.01. The third-order valence-corrected chi connectivity index (χ3v) is 5.84. The summed E-state index contributed by atoms with van der Waals surface area (Å²) >= 11 is 0. The molecular formula is C18H22N2O4S. The third kappa shape index (κ3) is 3.62. The van der Waals surface area contributed by atoms with Crippen molar-refractivity contribution in [3.05, 3.63) is 53.3 Å². The maximum absolute atomic E-state index is 12.9. The van der Waals surface area contributed by atoms with Gasteiger partial charge in [-0.3, -0.25) is 4.79 Å². The molecule has 1 aliphatic heterocycles. The summed E-state index contributed by atoms with van der Waals surface area (Å²) < 4.78 is 31.1. The molecule has 1 aliphatic rings. The summed E-state index contributed by atoms with van der Waals surface area (Å²) in [6, 6.07) is 10.9. The van der Waals surface area contributed by atoms with E-state index in [0.717, 1.165) is 24.8 Å². The second-order valence-electron chi connectivity index (χ2n) is 6.25. The smallest absolute Gasteiger partial charge is 0.290 e. The fourth-order valence-electron chi connectivity index (χ4n) is 3.13. The fourth-order valence-corrected chi connectivity index (χ4v) is 3.78. The molecule has 3 rings (SSSR count). The van der Waals surface area contributed by atoms with Gasteiger partial charge in [0, 0.05) is 6.54 Å². The molecule has 1 aromatic heterocycles. The van der Waals surface area contributed by atoms with Gasteiger partial charge in [0.1, 0.15) is 0 Å². The Kier molecular flexibility index (Phi) is 4.96. The van der Waals surface area contributed by atoms with Gasteiger partial charge >= 0.3 is 0 Å². The van der Waals surface area contributed by atoms with Gasteiger partial charge in [-0.2, -0.15) is 0 Å². The minimum Gasteiger partial charge on any atom is -0.438 e. The van der Waals surface area contributed by atoms with E-state index in [2.05, 4.69) is 4.72 Å². The van der Waals surface area contributed by atoms with Gasteiger partial charge < -0.3 is 9.32 Å². The van der Waals surface area contributed by atoms with Gasteiger partial charge in [0.05, 0.1) is 6.04 Å². The topological polar surface area (TPSA) is 79.6 Å². The first-order chi connectivity index (χ1) is 11.9. The third-order valence-electron chi connectivity index (χ3n) is 4.55. The van der Waals surface area contributed by atoms with Crippen molar-refractivity contribution in [2.75, 3.05) is 13.6 Å². The number of carbonyl (C=O) groups is 1. The number of rotatable bonds is 4. The maximum Gasteiger partial charge on any atom is 0.290 e. The standard InChI is InChI=1S/C18H22N2O4S/c1-13-6-8-14(9-7-13)15-5-3-4-12-20(15)18(21)16-10-11-17(24-16)25(22,23)19-2/h6-11,15,19H,3-5,12H2,1-2H3/t15-/m1/s1. The molecule has 1 fully saturated rings. The van der Waals surface area contributed by atoms with E-state index >= 15 is 0 Å². The summed E-state index contributed by atoms with van der Waals surface area (Å²) in [6.07, 6.45) is 2.87. The quantitative estimate of drug-likeness (QED) is 0.907. The highest BCUT2D eigenvalue weighted by Gasteiger charge is 2.31. The number of carbonyl (C=O) groups excluding carboxylic acids is 1. The van der Waals surface area contributed by atoms with Crippen LogP contribution in [0.25, 0.3) is 0 Å². The summed E-state index contributed by atoms with van der Waals surface area (Å²) in [5.74, 6) is -0.226. The second-order valence-corrected chi connectivity index (χ2v) is 8.06. The van der Waals surface area contributed by atoms with E-state index in [-0.39, 0.29) is 22.8 Å². The number of hydrogen-bond donors (Lipinski definition) is 1. The molecular weight excluding hydrogens is 340 g/mol. The minimum absolute atomic E-state index is 0.0173. The summed E-state index contributed by atoms with van der Waals surface area (Å²) in [4.78, 5) is 14.7. The average molecular weight is 362 g/mol. The molecule has 25 heavy (non-hydrogen) atoms. The van der Waals surface area contributed by atoms with Crippen molar-refractivity contribution in [2.45, 2.75) is 37.3 Å². The number of aryl methyl sites for hydroxylation is 1. The van der Waals surface area contributed by atoms with Crippen LogP contribution < -0.4 is 4.72 Å². The molecule has 0 radical (unpaired) electrons. The highest BCUT2D eigenvalue weighted by molar-refractivity contribution is 7.89. The van der Waals surface area contributed by atoms with Crippen LogP contribution in [0.1, 0.15) is 47.0 Å². The van der Waals surface area contributed by atoms with Gasteiger partial charge in [-0.1, -0.05) is 29.8 Å². The Bertz CT molecular complexity index is 855. The summed E-state index contributed by atoms with van der Waals surface area (Å²) in [5, 5.41) is -0.248. The predicted molar refractivity (Wildman–Crippen MR) is 93.8 cm³/mol. The van der Waals surface area contributed by atoms with E-state index in [1.54, 1.807) is 4.90 Å². The number of hydrogen-bond acceptors (Lipinski definition) is 4. The molecule has 0 unspecified atom stereocenters. The minimum atomic E-state index is -3.70. The van der Waals surface area contributed by atoms with Gasteiger partial charge in [-0.05, 0) is 50.9 Å². The monoisotopic (exact) mass is 362 g/mol. The Morgan fingerprint density at radius 2 is 1.88 bits per heavy atom. The Balaban J connectivity index is 1.87. The van der Waals surface area contributed by atoms with Crippen LogP contribution in [0.5, 0.6) is 0 Å². The van der Waals surface area contributed by atoms with Crippen molar-refractivity contribution in [3.8, 4) is 0 Å². The number of nitrogens with one attached hydrogen (secondary N) is 1. The number of likely N-dealkylation sites (tertiary alicyclic amines) is 1. The van der Waals surface area contributed by atoms with Gasteiger partial charge in [0.25, 0.3) is 15.9 Å². The van der Waals surface area contributed by atoms with Crippen molar-refractivity contribution < 1.29 is 17.6 Å². The average Bonchev–Trinajstić information content (AvgIpc) is 3.13. The zero-order chi connectivity index (χ0) is 18.0. The number of amides is 1. The summed E-state index contributed by atoms with van der Waals surface area (Å²) in [7, 11) is -2.40. The van der Waals surface area contributed by atoms with Crippen molar-refractivity contribution >= 4 is 15.9 Å². The molecule has 0 spiro atoms. The molecule has 1 saturated heterocycles. The molecule has 2 heterocycles. The molecule has 1 amide bonds. The molecule has 0 aliphatic carbocycles. The number of benzene rings is 1. The molecule has 2 aromatic rings. The van der Waals surface area contributed by atoms with Crippen molar-refractivity contribution in [1.82, 2.24) is 9.62 Å². The van der Waals surface area contributed by atoms with Crippen LogP contribution in [-0.2, 0) is 10.0 Å². The van der Waals surface area contributed by atoms with Crippen LogP contribution in [0.2, 0.25) is 0 Å². The molecule has 1 aromatic carbocycles. The van der Waals surface area contributed by atoms with E-state index in [0.29, 0.717) is 6.54 Å². The Morgan fingerprint density at radius 1 is 1.16 bits per heavy atom. The summed E-state index contributed by atoms with van der Waals surface area (Å²) in [5.41, 5.74) is 2.26. The van der Waals surface area contributed by atoms with E-state index in [4.69, 9.17) is 4.42 Å². The van der Waals surface area contributed by atoms with Crippen LogP contribution in [-0.4, -0.2) is 32.8 Å².